The fraction of sp³-hybridized carbons (Fsp3) is 0.800. The molecule has 0 N–H and O–H groups in total. The molecule has 0 saturated carbocycles. The molecule has 0 amide bonds. The van der Waals surface area contributed by atoms with E-state index in [1.54, 1.807) is 0 Å². The zero-order valence-electron chi connectivity index (χ0n) is 5.53. The van der Waals surface area contributed by atoms with Crippen molar-refractivity contribution >= 4 is 38.8 Å². The smallest absolute Gasteiger partial charge is 0.154 e. The lowest BCUT2D eigenvalue weighted by Crippen LogP contribution is -2.15. The molecule has 0 aromatic carbocycles. The van der Waals surface area contributed by atoms with Crippen molar-refractivity contribution in [3.63, 3.8) is 0 Å². The van der Waals surface area contributed by atoms with Gasteiger partial charge in [0.2, 0.25) is 0 Å². The Bertz CT molecular complexity index is 294. The molecule has 2 unspecified atom stereocenters. The van der Waals surface area contributed by atoms with Crippen molar-refractivity contribution in [2.45, 2.75) is 11.4 Å². The molecule has 0 aromatic heterocycles. The number of halogens is 1. The predicted molar refractivity (Wildman–Crippen MR) is 47.1 cm³/mol. The lowest BCUT2D eigenvalue weighted by atomic mass is 10.3. The van der Waals surface area contributed by atoms with Gasteiger partial charge in [-0.3, -0.25) is 0 Å². The van der Waals surface area contributed by atoms with Gasteiger partial charge in [-0.1, -0.05) is 0 Å². The van der Waals surface area contributed by atoms with Crippen LogP contribution in [-0.2, 0) is 9.84 Å². The molecule has 0 bridgehead atoms. The van der Waals surface area contributed by atoms with Crippen LogP contribution in [0.4, 0.5) is 0 Å². The normalized spacial score (nSPS) is 34.6. The Morgan fingerprint density at radius 1 is 1.55 bits per heavy atom. The summed E-state index contributed by atoms with van der Waals surface area (Å²) in [4.78, 5) is 3.65. The maximum Gasteiger partial charge on any atom is 0.154 e. The molecule has 3 nitrogen and oxygen atoms in total. The molecule has 0 spiro atoms. The highest BCUT2D eigenvalue weighted by molar-refractivity contribution is 7.91. The van der Waals surface area contributed by atoms with Crippen molar-refractivity contribution < 1.29 is 8.42 Å². The summed E-state index contributed by atoms with van der Waals surface area (Å²) in [5.74, 6) is 0.00451. The van der Waals surface area contributed by atoms with Crippen molar-refractivity contribution in [1.82, 2.24) is 0 Å². The molecule has 1 fully saturated rings. The first-order valence-corrected chi connectivity index (χ1v) is 5.63. The van der Waals surface area contributed by atoms with Gasteiger partial charge in [-0.2, -0.15) is 0 Å². The summed E-state index contributed by atoms with van der Waals surface area (Å²) in [6.45, 7) is 0. The van der Waals surface area contributed by atoms with Gasteiger partial charge in [0.25, 0.3) is 0 Å². The van der Waals surface area contributed by atoms with E-state index < -0.39 is 15.2 Å². The van der Waals surface area contributed by atoms with E-state index in [1.165, 1.54) is 0 Å². The number of rotatable bonds is 1. The van der Waals surface area contributed by atoms with Crippen LogP contribution in [0.15, 0.2) is 4.99 Å². The second-order valence-electron chi connectivity index (χ2n) is 2.38. The SMILES string of the molecule is O=S1(=O)CC(Cl)C(N=C=S)C1. The molecule has 1 aliphatic rings. The highest BCUT2D eigenvalue weighted by atomic mass is 35.5. The molecule has 1 heterocycles. The van der Waals surface area contributed by atoms with Crippen LogP contribution in [0.1, 0.15) is 0 Å². The molecule has 0 aromatic rings. The first kappa shape index (κ1) is 9.13. The van der Waals surface area contributed by atoms with E-state index in [0.717, 1.165) is 0 Å². The standard InChI is InChI=1S/C5H6ClNO2S2/c6-4-1-11(8,9)2-5(4)7-3-10/h4-5H,1-2H2. The molecular weight excluding hydrogens is 206 g/mol. The molecule has 1 saturated heterocycles. The van der Waals surface area contributed by atoms with E-state index in [1.807, 2.05) is 0 Å². The van der Waals surface area contributed by atoms with Crippen LogP contribution in [0.5, 0.6) is 0 Å². The maximum atomic E-state index is 10.9. The second-order valence-corrected chi connectivity index (χ2v) is 5.28. The van der Waals surface area contributed by atoms with Crippen molar-refractivity contribution in [3.05, 3.63) is 0 Å². The summed E-state index contributed by atoms with van der Waals surface area (Å²) in [7, 11) is -2.98. The third-order valence-corrected chi connectivity index (χ3v) is 3.92. The number of sulfone groups is 1. The highest BCUT2D eigenvalue weighted by Gasteiger charge is 2.36. The molecule has 2 atom stereocenters. The third-order valence-electron chi connectivity index (χ3n) is 1.47. The molecule has 0 radical (unpaired) electrons. The minimum absolute atomic E-state index is 0.000262. The van der Waals surface area contributed by atoms with Gasteiger partial charge in [-0.25, -0.2) is 13.4 Å². The van der Waals surface area contributed by atoms with E-state index in [2.05, 4.69) is 22.4 Å². The van der Waals surface area contributed by atoms with Crippen molar-refractivity contribution in [3.8, 4) is 0 Å². The molecule has 0 aliphatic carbocycles. The van der Waals surface area contributed by atoms with Gasteiger partial charge >= 0.3 is 0 Å². The minimum Gasteiger partial charge on any atom is -0.229 e. The Kier molecular flexibility index (Phi) is 2.65. The number of hydrogen-bond acceptors (Lipinski definition) is 4. The first-order valence-electron chi connectivity index (χ1n) is 2.96. The monoisotopic (exact) mass is 211 g/mol. The maximum absolute atomic E-state index is 10.9. The summed E-state index contributed by atoms with van der Waals surface area (Å²) >= 11 is 10.0. The van der Waals surface area contributed by atoms with Crippen LogP contribution >= 0.6 is 23.8 Å². The zero-order chi connectivity index (χ0) is 8.48. The molecule has 6 heteroatoms. The van der Waals surface area contributed by atoms with Crippen LogP contribution in [0.25, 0.3) is 0 Å². The second kappa shape index (κ2) is 3.19. The number of alkyl halides is 1. The third kappa shape index (κ3) is 2.24. The first-order chi connectivity index (χ1) is 5.05. The summed E-state index contributed by atoms with van der Waals surface area (Å²) in [5, 5.41) is 1.70. The Labute approximate surface area is 75.4 Å². The van der Waals surface area contributed by atoms with Crippen molar-refractivity contribution in [2.75, 3.05) is 11.5 Å². The number of nitrogens with zero attached hydrogens (tertiary/aromatic N) is 1. The number of thiocarbonyl (C=S) groups is 1. The summed E-state index contributed by atoms with van der Waals surface area (Å²) < 4.78 is 21.8. The van der Waals surface area contributed by atoms with E-state index in [0.29, 0.717) is 0 Å². The molecule has 1 rings (SSSR count). The molecule has 62 valence electrons. The fourth-order valence-electron chi connectivity index (χ4n) is 0.972. The van der Waals surface area contributed by atoms with Gasteiger partial charge in [0.05, 0.1) is 28.1 Å². The Morgan fingerprint density at radius 2 is 2.18 bits per heavy atom. The summed E-state index contributed by atoms with van der Waals surface area (Å²) in [6, 6.07) is -0.390. The Hall–Kier alpha value is 0.0400. The lowest BCUT2D eigenvalue weighted by molar-refractivity contribution is 0.601. The van der Waals surface area contributed by atoms with Crippen LogP contribution < -0.4 is 0 Å². The summed E-state index contributed by atoms with van der Waals surface area (Å²) in [6.07, 6.45) is 0. The predicted octanol–water partition coefficient (Wildman–Crippen LogP) is 0.494. The van der Waals surface area contributed by atoms with E-state index in [-0.39, 0.29) is 17.5 Å². The van der Waals surface area contributed by atoms with E-state index in [4.69, 9.17) is 11.6 Å². The number of isothiocyanates is 1. The Balaban J connectivity index is 2.82. The van der Waals surface area contributed by atoms with Crippen LogP contribution in [0, 0.1) is 0 Å². The van der Waals surface area contributed by atoms with Crippen molar-refractivity contribution in [1.29, 1.82) is 0 Å². The fourth-order valence-corrected chi connectivity index (χ4v) is 3.61. The van der Waals surface area contributed by atoms with Crippen molar-refractivity contribution in [2.24, 2.45) is 4.99 Å². The molecule has 11 heavy (non-hydrogen) atoms. The number of hydrogen-bond donors (Lipinski definition) is 0. The number of aliphatic imine (C=N–C) groups is 1. The van der Waals surface area contributed by atoms with Gasteiger partial charge in [0.1, 0.15) is 0 Å². The topological polar surface area (TPSA) is 46.5 Å². The summed E-state index contributed by atoms with van der Waals surface area (Å²) in [5.41, 5.74) is 0. The van der Waals surface area contributed by atoms with Gasteiger partial charge in [-0.15, -0.1) is 11.6 Å². The minimum atomic E-state index is -2.98. The molecular formula is C5H6ClNO2S2. The van der Waals surface area contributed by atoms with Crippen LogP contribution in [-0.4, -0.2) is 36.5 Å². The lowest BCUT2D eigenvalue weighted by Gasteiger charge is -2.00. The van der Waals surface area contributed by atoms with Crippen LogP contribution in [0.2, 0.25) is 0 Å². The van der Waals surface area contributed by atoms with Crippen LogP contribution in [0.3, 0.4) is 0 Å². The van der Waals surface area contributed by atoms with Gasteiger partial charge in [-0.05, 0) is 12.2 Å². The highest BCUT2D eigenvalue weighted by Crippen LogP contribution is 2.20. The molecule has 1 aliphatic heterocycles. The van der Waals surface area contributed by atoms with Gasteiger partial charge in [0, 0.05) is 0 Å². The zero-order valence-corrected chi connectivity index (χ0v) is 7.92. The average Bonchev–Trinajstić information content (AvgIpc) is 2.07. The average molecular weight is 212 g/mol. The largest absolute Gasteiger partial charge is 0.229 e. The Morgan fingerprint density at radius 3 is 2.55 bits per heavy atom. The van der Waals surface area contributed by atoms with E-state index >= 15 is 0 Å². The van der Waals surface area contributed by atoms with Gasteiger partial charge in [0.15, 0.2) is 9.84 Å². The van der Waals surface area contributed by atoms with Gasteiger partial charge < -0.3 is 0 Å². The quantitative estimate of drug-likeness (QED) is 0.360. The van der Waals surface area contributed by atoms with E-state index in [9.17, 15) is 8.42 Å².